The predicted molar refractivity (Wildman–Crippen MR) is 97.2 cm³/mol. The molecule has 0 unspecified atom stereocenters. The van der Waals surface area contributed by atoms with Crippen molar-refractivity contribution in [3.8, 4) is 0 Å². The molecule has 1 fully saturated rings. The zero-order valence-electron chi connectivity index (χ0n) is 14.3. The zero-order valence-corrected chi connectivity index (χ0v) is 15.1. The monoisotopic (exact) mass is 377 g/mol. The molecule has 26 heavy (non-hydrogen) atoms. The lowest BCUT2D eigenvalue weighted by atomic mass is 10.1. The molecule has 0 aromatic heterocycles. The van der Waals surface area contributed by atoms with Crippen LogP contribution in [-0.2, 0) is 10.0 Å². The predicted octanol–water partition coefficient (Wildman–Crippen LogP) is 1.98. The van der Waals surface area contributed by atoms with Gasteiger partial charge in [-0.15, -0.1) is 0 Å². The minimum atomic E-state index is -3.94. The number of rotatable bonds is 4. The van der Waals surface area contributed by atoms with E-state index in [9.17, 15) is 17.6 Å². The molecule has 1 aliphatic heterocycles. The summed E-state index contributed by atoms with van der Waals surface area (Å²) in [6.07, 6.45) is 0. The first-order chi connectivity index (χ1) is 12.4. The van der Waals surface area contributed by atoms with Gasteiger partial charge in [0.15, 0.2) is 0 Å². The number of nitrogens with one attached hydrogen (secondary N) is 2. The summed E-state index contributed by atoms with van der Waals surface area (Å²) in [5.41, 5.74) is 1.03. The van der Waals surface area contributed by atoms with Crippen LogP contribution >= 0.6 is 0 Å². The van der Waals surface area contributed by atoms with E-state index in [4.69, 9.17) is 0 Å². The number of hydrogen-bond donors (Lipinski definition) is 2. The van der Waals surface area contributed by atoms with Gasteiger partial charge in [-0.05, 0) is 42.8 Å². The SMILES string of the molecule is Cc1ccc(S(=O)(=O)Nc2cccc(C(=O)N3CCNCC3)c2)cc1F. The van der Waals surface area contributed by atoms with Gasteiger partial charge in [0.25, 0.3) is 15.9 Å². The van der Waals surface area contributed by atoms with Crippen LogP contribution in [-0.4, -0.2) is 45.4 Å². The number of aryl methyl sites for hydroxylation is 1. The number of carbonyl (C=O) groups excluding carboxylic acids is 1. The summed E-state index contributed by atoms with van der Waals surface area (Å²) in [5, 5.41) is 3.17. The number of hydrogen-bond acceptors (Lipinski definition) is 4. The van der Waals surface area contributed by atoms with Gasteiger partial charge in [0, 0.05) is 37.4 Å². The van der Waals surface area contributed by atoms with Crippen molar-refractivity contribution in [2.24, 2.45) is 0 Å². The van der Waals surface area contributed by atoms with Crippen LogP contribution in [0.1, 0.15) is 15.9 Å². The molecule has 138 valence electrons. The molecule has 6 nitrogen and oxygen atoms in total. The maximum Gasteiger partial charge on any atom is 0.261 e. The first kappa shape index (κ1) is 18.3. The van der Waals surface area contributed by atoms with Crippen molar-refractivity contribution in [3.05, 3.63) is 59.4 Å². The number of anilines is 1. The van der Waals surface area contributed by atoms with Crippen LogP contribution in [0.15, 0.2) is 47.4 Å². The van der Waals surface area contributed by atoms with Crippen LogP contribution in [0.5, 0.6) is 0 Å². The topological polar surface area (TPSA) is 78.5 Å². The highest BCUT2D eigenvalue weighted by Crippen LogP contribution is 2.20. The van der Waals surface area contributed by atoms with Crippen LogP contribution in [0.25, 0.3) is 0 Å². The van der Waals surface area contributed by atoms with Gasteiger partial charge in [-0.2, -0.15) is 0 Å². The second-order valence-electron chi connectivity index (χ2n) is 6.14. The molecule has 1 saturated heterocycles. The molecule has 0 aliphatic carbocycles. The Bertz CT molecular complexity index is 925. The Morgan fingerprint density at radius 1 is 1.15 bits per heavy atom. The van der Waals surface area contributed by atoms with Crippen molar-refractivity contribution in [2.45, 2.75) is 11.8 Å². The zero-order chi connectivity index (χ0) is 18.7. The number of sulfonamides is 1. The first-order valence-electron chi connectivity index (χ1n) is 8.26. The molecule has 0 atom stereocenters. The molecule has 8 heteroatoms. The van der Waals surface area contributed by atoms with E-state index in [1.54, 1.807) is 30.0 Å². The van der Waals surface area contributed by atoms with Crippen LogP contribution < -0.4 is 10.0 Å². The van der Waals surface area contributed by atoms with Gasteiger partial charge >= 0.3 is 0 Å². The van der Waals surface area contributed by atoms with E-state index in [1.807, 2.05) is 0 Å². The van der Waals surface area contributed by atoms with E-state index >= 15 is 0 Å². The third kappa shape index (κ3) is 4.03. The molecule has 3 rings (SSSR count). The maximum absolute atomic E-state index is 13.7. The number of nitrogens with zero attached hydrogens (tertiary/aromatic N) is 1. The van der Waals surface area contributed by atoms with Crippen molar-refractivity contribution in [1.82, 2.24) is 10.2 Å². The quantitative estimate of drug-likeness (QED) is 0.854. The summed E-state index contributed by atoms with van der Waals surface area (Å²) >= 11 is 0. The fraction of sp³-hybridized carbons (Fsp3) is 0.278. The van der Waals surface area contributed by atoms with Gasteiger partial charge in [0.1, 0.15) is 5.82 Å². The minimum absolute atomic E-state index is 0.145. The van der Waals surface area contributed by atoms with E-state index in [0.29, 0.717) is 24.2 Å². The van der Waals surface area contributed by atoms with Crippen LogP contribution in [0, 0.1) is 12.7 Å². The first-order valence-corrected chi connectivity index (χ1v) is 9.74. The van der Waals surface area contributed by atoms with Crippen molar-refractivity contribution < 1.29 is 17.6 Å². The maximum atomic E-state index is 13.7. The van der Waals surface area contributed by atoms with Gasteiger partial charge < -0.3 is 10.2 Å². The number of benzene rings is 2. The molecule has 0 bridgehead atoms. The Labute approximate surface area is 152 Å². The second-order valence-corrected chi connectivity index (χ2v) is 7.82. The van der Waals surface area contributed by atoms with Crippen molar-refractivity contribution in [3.63, 3.8) is 0 Å². The summed E-state index contributed by atoms with van der Waals surface area (Å²) in [5.74, 6) is -0.732. The fourth-order valence-electron chi connectivity index (χ4n) is 2.72. The minimum Gasteiger partial charge on any atom is -0.336 e. The summed E-state index contributed by atoms with van der Waals surface area (Å²) < 4.78 is 41.0. The summed E-state index contributed by atoms with van der Waals surface area (Å²) in [4.78, 5) is 14.1. The number of piperazine rings is 1. The van der Waals surface area contributed by atoms with E-state index in [2.05, 4.69) is 10.0 Å². The van der Waals surface area contributed by atoms with Crippen molar-refractivity contribution in [2.75, 3.05) is 30.9 Å². The van der Waals surface area contributed by atoms with Crippen molar-refractivity contribution in [1.29, 1.82) is 0 Å². The Hall–Kier alpha value is -2.45. The second kappa shape index (κ2) is 7.43. The van der Waals surface area contributed by atoms with E-state index in [-0.39, 0.29) is 16.5 Å². The van der Waals surface area contributed by atoms with Crippen LogP contribution in [0.2, 0.25) is 0 Å². The molecule has 1 heterocycles. The lowest BCUT2D eigenvalue weighted by Gasteiger charge is -2.27. The average molecular weight is 377 g/mol. The van der Waals surface area contributed by atoms with Gasteiger partial charge in [0.05, 0.1) is 4.90 Å². The standard InChI is InChI=1S/C18H20FN3O3S/c1-13-5-6-16(12-17(13)19)26(24,25)21-15-4-2-3-14(11-15)18(23)22-9-7-20-8-10-22/h2-6,11-12,20-21H,7-10H2,1H3. The summed E-state index contributed by atoms with van der Waals surface area (Å²) in [6.45, 7) is 4.24. The molecular formula is C18H20FN3O3S. The van der Waals surface area contributed by atoms with Gasteiger partial charge in [-0.1, -0.05) is 12.1 Å². The molecule has 0 spiro atoms. The number of amides is 1. The fourth-order valence-corrected chi connectivity index (χ4v) is 3.78. The highest BCUT2D eigenvalue weighted by atomic mass is 32.2. The molecule has 2 N–H and O–H groups in total. The van der Waals surface area contributed by atoms with Crippen LogP contribution in [0.3, 0.4) is 0 Å². The summed E-state index contributed by atoms with van der Waals surface area (Å²) in [7, 11) is -3.94. The van der Waals surface area contributed by atoms with Gasteiger partial charge in [0.2, 0.25) is 0 Å². The van der Waals surface area contributed by atoms with E-state index in [1.165, 1.54) is 18.2 Å². The molecule has 1 amide bonds. The van der Waals surface area contributed by atoms with E-state index in [0.717, 1.165) is 19.2 Å². The molecule has 0 saturated carbocycles. The smallest absolute Gasteiger partial charge is 0.261 e. The van der Waals surface area contributed by atoms with Crippen molar-refractivity contribution >= 4 is 21.6 Å². The Kier molecular flexibility index (Phi) is 5.24. The Morgan fingerprint density at radius 3 is 2.58 bits per heavy atom. The van der Waals surface area contributed by atoms with E-state index < -0.39 is 15.8 Å². The average Bonchev–Trinajstić information content (AvgIpc) is 2.64. The highest BCUT2D eigenvalue weighted by molar-refractivity contribution is 7.92. The molecular weight excluding hydrogens is 357 g/mol. The third-order valence-corrected chi connectivity index (χ3v) is 5.60. The molecule has 1 aliphatic rings. The largest absolute Gasteiger partial charge is 0.336 e. The van der Waals surface area contributed by atoms with Crippen LogP contribution in [0.4, 0.5) is 10.1 Å². The lowest BCUT2D eigenvalue weighted by Crippen LogP contribution is -2.46. The molecule has 2 aromatic rings. The van der Waals surface area contributed by atoms with Gasteiger partial charge in [-0.3, -0.25) is 9.52 Å². The number of halogens is 1. The summed E-state index contributed by atoms with van der Waals surface area (Å²) in [6, 6.07) is 10.0. The Morgan fingerprint density at radius 2 is 1.88 bits per heavy atom. The normalized spacial score (nSPS) is 14.9. The Balaban J connectivity index is 1.81. The molecule has 0 radical (unpaired) electrons. The number of carbonyl (C=O) groups is 1. The van der Waals surface area contributed by atoms with Gasteiger partial charge in [-0.25, -0.2) is 12.8 Å². The third-order valence-electron chi connectivity index (χ3n) is 4.22. The molecule has 2 aromatic carbocycles. The lowest BCUT2D eigenvalue weighted by molar-refractivity contribution is 0.0736. The highest BCUT2D eigenvalue weighted by Gasteiger charge is 2.20.